The van der Waals surface area contributed by atoms with Crippen LogP contribution in [-0.2, 0) is 20.6 Å². The molecule has 0 heterocycles. The van der Waals surface area contributed by atoms with Crippen LogP contribution in [0.15, 0.2) is 71.6 Å². The summed E-state index contributed by atoms with van der Waals surface area (Å²) in [5.74, 6) is 2.55. The van der Waals surface area contributed by atoms with Gasteiger partial charge in [0.05, 0.1) is 31.4 Å². The summed E-state index contributed by atoms with van der Waals surface area (Å²) in [7, 11) is -1.22. The van der Waals surface area contributed by atoms with Crippen LogP contribution in [0.2, 0.25) is 5.02 Å². The number of nitrogens with zero attached hydrogens (tertiary/aromatic N) is 1. The number of benzene rings is 3. The van der Waals surface area contributed by atoms with Gasteiger partial charge in [-0.2, -0.15) is 11.8 Å². The minimum absolute atomic E-state index is 0.0274. The molecule has 0 saturated carbocycles. The van der Waals surface area contributed by atoms with Crippen LogP contribution in [-0.4, -0.2) is 54.0 Å². The Balaban J connectivity index is 1.68. The van der Waals surface area contributed by atoms with E-state index in [0.717, 1.165) is 22.2 Å². The van der Waals surface area contributed by atoms with Crippen molar-refractivity contribution in [2.24, 2.45) is 0 Å². The number of methoxy groups -OCH3 is 2. The molecule has 210 valence electrons. The third kappa shape index (κ3) is 8.71. The molecule has 39 heavy (non-hydrogen) atoms. The van der Waals surface area contributed by atoms with Crippen LogP contribution in [0.3, 0.4) is 0 Å². The van der Waals surface area contributed by atoms with Crippen molar-refractivity contribution in [3.8, 4) is 17.2 Å². The van der Waals surface area contributed by atoms with Crippen LogP contribution in [0, 0.1) is 0 Å². The number of ether oxygens (including phenoxy) is 3. The third-order valence-corrected chi connectivity index (χ3v) is 8.77. The van der Waals surface area contributed by atoms with Crippen molar-refractivity contribution < 1.29 is 27.4 Å². The maximum atomic E-state index is 13.7. The fourth-order valence-electron chi connectivity index (χ4n) is 3.65. The number of carbonyl (C=O) groups is 1. The van der Waals surface area contributed by atoms with Crippen LogP contribution >= 0.6 is 23.4 Å². The Morgan fingerprint density at radius 2 is 1.67 bits per heavy atom. The van der Waals surface area contributed by atoms with Gasteiger partial charge in [0.25, 0.3) is 10.0 Å². The number of anilines is 1. The summed E-state index contributed by atoms with van der Waals surface area (Å²) in [6, 6.07) is 18.6. The average molecular weight is 593 g/mol. The van der Waals surface area contributed by atoms with Gasteiger partial charge in [-0.1, -0.05) is 23.7 Å². The summed E-state index contributed by atoms with van der Waals surface area (Å²) in [5, 5.41) is 3.55. The molecule has 11 heteroatoms. The zero-order valence-electron chi connectivity index (χ0n) is 22.2. The van der Waals surface area contributed by atoms with Gasteiger partial charge >= 0.3 is 0 Å². The Bertz CT molecular complexity index is 1320. The molecule has 3 aromatic rings. The fourth-order valence-corrected chi connectivity index (χ4v) is 6.14. The van der Waals surface area contributed by atoms with Gasteiger partial charge in [-0.05, 0) is 73.2 Å². The minimum Gasteiger partial charge on any atom is -0.494 e. The lowest BCUT2D eigenvalue weighted by Crippen LogP contribution is -2.41. The Hall–Kier alpha value is -3.08. The molecule has 8 nitrogen and oxygen atoms in total. The van der Waals surface area contributed by atoms with E-state index >= 15 is 0 Å². The van der Waals surface area contributed by atoms with Crippen molar-refractivity contribution in [1.29, 1.82) is 0 Å². The monoisotopic (exact) mass is 592 g/mol. The van der Waals surface area contributed by atoms with Crippen molar-refractivity contribution in [2.45, 2.75) is 24.0 Å². The summed E-state index contributed by atoms with van der Waals surface area (Å²) >= 11 is 7.68. The SMILES string of the molecule is CCOc1ccc(N(CC(=O)NCCCSCc2ccc(Cl)cc2)S(=O)(=O)c2ccc(OC)c(OC)c2)cc1. The lowest BCUT2D eigenvalue weighted by atomic mass is 10.2. The highest BCUT2D eigenvalue weighted by Gasteiger charge is 2.28. The van der Waals surface area contributed by atoms with Crippen molar-refractivity contribution in [3.63, 3.8) is 0 Å². The number of halogens is 1. The van der Waals surface area contributed by atoms with Crippen LogP contribution in [0.4, 0.5) is 5.69 Å². The van der Waals surface area contributed by atoms with E-state index in [9.17, 15) is 13.2 Å². The van der Waals surface area contributed by atoms with Gasteiger partial charge in [-0.15, -0.1) is 0 Å². The molecule has 0 saturated heterocycles. The largest absolute Gasteiger partial charge is 0.494 e. The van der Waals surface area contributed by atoms with E-state index in [1.807, 2.05) is 31.2 Å². The summed E-state index contributed by atoms with van der Waals surface area (Å²) in [6.45, 7) is 2.39. The Morgan fingerprint density at radius 1 is 0.974 bits per heavy atom. The van der Waals surface area contributed by atoms with Gasteiger partial charge in [-0.3, -0.25) is 9.10 Å². The van der Waals surface area contributed by atoms with Crippen molar-refractivity contribution in [3.05, 3.63) is 77.3 Å². The summed E-state index contributed by atoms with van der Waals surface area (Å²) < 4.78 is 44.5. The molecule has 1 amide bonds. The molecule has 0 fully saturated rings. The van der Waals surface area contributed by atoms with Crippen LogP contribution in [0.1, 0.15) is 18.9 Å². The highest BCUT2D eigenvalue weighted by atomic mass is 35.5. The number of rotatable bonds is 15. The maximum Gasteiger partial charge on any atom is 0.264 e. The molecule has 0 atom stereocenters. The first-order valence-corrected chi connectivity index (χ1v) is 15.3. The zero-order chi connectivity index (χ0) is 28.3. The van der Waals surface area contributed by atoms with Gasteiger partial charge in [-0.25, -0.2) is 8.42 Å². The topological polar surface area (TPSA) is 94.2 Å². The third-order valence-electron chi connectivity index (χ3n) is 5.64. The van der Waals surface area contributed by atoms with Crippen molar-refractivity contribution in [1.82, 2.24) is 5.32 Å². The summed E-state index contributed by atoms with van der Waals surface area (Å²) in [4.78, 5) is 12.9. The molecule has 0 aliphatic heterocycles. The first-order chi connectivity index (χ1) is 18.8. The normalized spacial score (nSPS) is 11.1. The second kappa shape index (κ2) is 14.9. The number of hydrogen-bond acceptors (Lipinski definition) is 7. The maximum absolute atomic E-state index is 13.7. The zero-order valence-corrected chi connectivity index (χ0v) is 24.6. The molecule has 0 unspecified atom stereocenters. The molecule has 0 bridgehead atoms. The average Bonchev–Trinajstić information content (AvgIpc) is 2.94. The predicted octanol–water partition coefficient (Wildman–Crippen LogP) is 5.39. The molecular formula is C28H33ClN2O6S2. The van der Waals surface area contributed by atoms with E-state index in [1.54, 1.807) is 36.0 Å². The lowest BCUT2D eigenvalue weighted by Gasteiger charge is -2.24. The lowest BCUT2D eigenvalue weighted by molar-refractivity contribution is -0.119. The van der Waals surface area contributed by atoms with E-state index < -0.39 is 15.9 Å². The Kier molecular flexibility index (Phi) is 11.6. The van der Waals surface area contributed by atoms with Gasteiger partial charge < -0.3 is 19.5 Å². The minimum atomic E-state index is -4.12. The standard InChI is InChI=1S/C28H33ClN2O6S2/c1-4-37-24-12-10-23(11-13-24)31(39(33,34)25-14-15-26(35-2)27(18-25)36-3)19-28(32)30-16-5-17-38-20-21-6-8-22(29)9-7-21/h6-15,18H,4-5,16-17,19-20H2,1-3H3,(H,30,32). The highest BCUT2D eigenvalue weighted by Crippen LogP contribution is 2.32. The summed E-state index contributed by atoms with van der Waals surface area (Å²) in [5.41, 5.74) is 1.52. The predicted molar refractivity (Wildman–Crippen MR) is 157 cm³/mol. The number of nitrogens with one attached hydrogen (secondary N) is 1. The number of carbonyl (C=O) groups excluding carboxylic acids is 1. The van der Waals surface area contributed by atoms with Crippen molar-refractivity contribution in [2.75, 3.05) is 44.0 Å². The van der Waals surface area contributed by atoms with E-state index in [4.69, 9.17) is 25.8 Å². The van der Waals surface area contributed by atoms with Crippen LogP contribution in [0.25, 0.3) is 0 Å². The van der Waals surface area contributed by atoms with E-state index in [-0.39, 0.29) is 17.2 Å². The van der Waals surface area contributed by atoms with Crippen LogP contribution < -0.4 is 23.8 Å². The quantitative estimate of drug-likeness (QED) is 0.236. The number of thioether (sulfide) groups is 1. The molecule has 0 aliphatic rings. The molecule has 3 rings (SSSR count). The Labute approximate surface area is 239 Å². The van der Waals surface area contributed by atoms with E-state index in [2.05, 4.69) is 5.32 Å². The second-order valence-electron chi connectivity index (χ2n) is 8.34. The molecule has 0 spiro atoms. The molecule has 0 aromatic heterocycles. The van der Waals surface area contributed by atoms with Crippen LogP contribution in [0.5, 0.6) is 17.2 Å². The number of hydrogen-bond donors (Lipinski definition) is 1. The Morgan fingerprint density at radius 3 is 2.31 bits per heavy atom. The van der Waals surface area contributed by atoms with E-state index in [1.165, 1.54) is 38.0 Å². The molecule has 0 radical (unpaired) electrons. The van der Waals surface area contributed by atoms with Crippen molar-refractivity contribution >= 4 is 45.0 Å². The van der Waals surface area contributed by atoms with Gasteiger partial charge in [0, 0.05) is 23.4 Å². The molecular weight excluding hydrogens is 560 g/mol. The molecule has 3 aromatic carbocycles. The van der Waals surface area contributed by atoms with Gasteiger partial charge in [0.1, 0.15) is 12.3 Å². The summed E-state index contributed by atoms with van der Waals surface area (Å²) in [6.07, 6.45) is 0.746. The molecule has 1 N–H and O–H groups in total. The highest BCUT2D eigenvalue weighted by molar-refractivity contribution is 7.98. The first kappa shape index (κ1) is 30.5. The first-order valence-electron chi connectivity index (χ1n) is 12.3. The number of amides is 1. The second-order valence-corrected chi connectivity index (χ2v) is 11.7. The fraction of sp³-hybridized carbons (Fsp3) is 0.321. The number of sulfonamides is 1. The molecule has 0 aliphatic carbocycles. The smallest absolute Gasteiger partial charge is 0.264 e. The van der Waals surface area contributed by atoms with E-state index in [0.29, 0.717) is 35.4 Å². The van der Waals surface area contributed by atoms with Gasteiger partial charge in [0.2, 0.25) is 5.91 Å². The van der Waals surface area contributed by atoms with Gasteiger partial charge in [0.15, 0.2) is 11.5 Å².